The number of benzene rings is 1. The minimum Gasteiger partial charge on any atom is -0.308 e. The van der Waals surface area contributed by atoms with Crippen LogP contribution < -0.4 is 5.56 Å². The van der Waals surface area contributed by atoms with E-state index in [0.29, 0.717) is 16.6 Å². The zero-order valence-electron chi connectivity index (χ0n) is 7.91. The molecule has 0 unspecified atom stereocenters. The topological polar surface area (TPSA) is 34.9 Å². The second kappa shape index (κ2) is 2.90. The van der Waals surface area contributed by atoms with Crippen LogP contribution in [0.3, 0.4) is 0 Å². The van der Waals surface area contributed by atoms with E-state index in [-0.39, 0.29) is 11.4 Å². The van der Waals surface area contributed by atoms with Crippen molar-refractivity contribution in [3.05, 3.63) is 40.1 Å². The molecule has 0 aliphatic rings. The summed E-state index contributed by atoms with van der Waals surface area (Å²) < 4.78 is 14.6. The van der Waals surface area contributed by atoms with Crippen molar-refractivity contribution in [3.8, 4) is 0 Å². The van der Waals surface area contributed by atoms with Crippen LogP contribution in [0.5, 0.6) is 0 Å². The van der Waals surface area contributed by atoms with Crippen LogP contribution in [0.2, 0.25) is 0 Å². The minimum absolute atomic E-state index is 0.230. The maximum absolute atomic E-state index is 13.2. The lowest BCUT2D eigenvalue weighted by Gasteiger charge is -2.06. The molecule has 0 aliphatic carbocycles. The number of halogens is 1. The summed E-state index contributed by atoms with van der Waals surface area (Å²) in [5, 5.41) is 0. The Morgan fingerprint density at radius 1 is 1.43 bits per heavy atom. The molecule has 0 bridgehead atoms. The Morgan fingerprint density at radius 3 is 2.86 bits per heavy atom. The van der Waals surface area contributed by atoms with Crippen molar-refractivity contribution < 1.29 is 4.39 Å². The molecule has 1 aromatic heterocycles. The van der Waals surface area contributed by atoms with Gasteiger partial charge in [-0.25, -0.2) is 9.37 Å². The van der Waals surface area contributed by atoms with Gasteiger partial charge in [-0.2, -0.15) is 0 Å². The molecule has 2 aromatic rings. The molecule has 0 radical (unpaired) electrons. The highest BCUT2D eigenvalue weighted by Crippen LogP contribution is 2.16. The van der Waals surface area contributed by atoms with Gasteiger partial charge in [-0.15, -0.1) is 0 Å². The van der Waals surface area contributed by atoms with Crippen LogP contribution in [0.15, 0.2) is 23.1 Å². The van der Waals surface area contributed by atoms with E-state index < -0.39 is 0 Å². The van der Waals surface area contributed by atoms with E-state index in [1.165, 1.54) is 16.8 Å². The first-order chi connectivity index (χ1) is 6.61. The molecule has 1 aromatic carbocycles. The molecule has 0 atom stereocenters. The van der Waals surface area contributed by atoms with Crippen molar-refractivity contribution in [1.29, 1.82) is 0 Å². The van der Waals surface area contributed by atoms with Gasteiger partial charge in [0.05, 0.1) is 17.2 Å². The molecule has 0 aliphatic heterocycles. The Labute approximate surface area is 79.8 Å². The Kier molecular flexibility index (Phi) is 1.84. The van der Waals surface area contributed by atoms with Crippen LogP contribution in [0.4, 0.5) is 4.39 Å². The third-order valence-electron chi connectivity index (χ3n) is 2.32. The van der Waals surface area contributed by atoms with Gasteiger partial charge < -0.3 is 4.57 Å². The van der Waals surface area contributed by atoms with Crippen molar-refractivity contribution in [2.75, 3.05) is 0 Å². The van der Waals surface area contributed by atoms with Gasteiger partial charge in [0.25, 0.3) is 5.56 Å². The average molecular weight is 192 g/mol. The molecule has 2 rings (SSSR count). The first kappa shape index (κ1) is 8.87. The minimum atomic E-state index is -0.319. The van der Waals surface area contributed by atoms with Crippen molar-refractivity contribution in [1.82, 2.24) is 9.55 Å². The summed E-state index contributed by atoms with van der Waals surface area (Å²) >= 11 is 0. The fourth-order valence-electron chi connectivity index (χ4n) is 1.51. The third kappa shape index (κ3) is 1.11. The summed E-state index contributed by atoms with van der Waals surface area (Å²) in [5.74, 6) is -0.319. The first-order valence-electron chi connectivity index (χ1n) is 4.22. The monoisotopic (exact) mass is 192 g/mol. The SMILES string of the molecule is Cc1c(F)ccc2ncc(=O)n(C)c12. The van der Waals surface area contributed by atoms with Crippen LogP contribution in [-0.2, 0) is 7.05 Å². The highest BCUT2D eigenvalue weighted by molar-refractivity contribution is 5.78. The maximum Gasteiger partial charge on any atom is 0.269 e. The van der Waals surface area contributed by atoms with Crippen molar-refractivity contribution >= 4 is 11.0 Å². The highest BCUT2D eigenvalue weighted by atomic mass is 19.1. The van der Waals surface area contributed by atoms with Gasteiger partial charge in [-0.05, 0) is 19.1 Å². The Balaban J connectivity index is 3.06. The average Bonchev–Trinajstić information content (AvgIpc) is 2.17. The summed E-state index contributed by atoms with van der Waals surface area (Å²) in [4.78, 5) is 15.2. The van der Waals surface area contributed by atoms with Gasteiger partial charge in [-0.1, -0.05) is 0 Å². The Morgan fingerprint density at radius 2 is 2.14 bits per heavy atom. The number of hydrogen-bond donors (Lipinski definition) is 0. The molecule has 14 heavy (non-hydrogen) atoms. The second-order valence-electron chi connectivity index (χ2n) is 3.20. The van der Waals surface area contributed by atoms with E-state index in [1.54, 1.807) is 20.0 Å². The van der Waals surface area contributed by atoms with Gasteiger partial charge in [0.1, 0.15) is 5.82 Å². The predicted octanol–water partition coefficient (Wildman–Crippen LogP) is 1.38. The largest absolute Gasteiger partial charge is 0.308 e. The Hall–Kier alpha value is -1.71. The Bertz CT molecular complexity index is 560. The molecule has 3 nitrogen and oxygen atoms in total. The lowest BCUT2D eigenvalue weighted by molar-refractivity contribution is 0.619. The van der Waals surface area contributed by atoms with Gasteiger partial charge >= 0.3 is 0 Å². The first-order valence-corrected chi connectivity index (χ1v) is 4.22. The van der Waals surface area contributed by atoms with E-state index in [1.807, 2.05) is 0 Å². The molecular formula is C10H9FN2O. The number of fused-ring (bicyclic) bond motifs is 1. The van der Waals surface area contributed by atoms with E-state index in [0.717, 1.165) is 0 Å². The highest BCUT2D eigenvalue weighted by Gasteiger charge is 2.07. The van der Waals surface area contributed by atoms with Gasteiger partial charge in [-0.3, -0.25) is 4.79 Å². The van der Waals surface area contributed by atoms with E-state index in [9.17, 15) is 9.18 Å². The van der Waals surface area contributed by atoms with E-state index >= 15 is 0 Å². The smallest absolute Gasteiger partial charge is 0.269 e. The lowest BCUT2D eigenvalue weighted by Crippen LogP contribution is -2.17. The summed E-state index contributed by atoms with van der Waals surface area (Å²) in [6.07, 6.45) is 1.24. The van der Waals surface area contributed by atoms with Crippen LogP contribution in [-0.4, -0.2) is 9.55 Å². The van der Waals surface area contributed by atoms with Crippen LogP contribution in [0.25, 0.3) is 11.0 Å². The van der Waals surface area contributed by atoms with Crippen molar-refractivity contribution in [2.24, 2.45) is 7.05 Å². The molecule has 0 spiro atoms. The van der Waals surface area contributed by atoms with Crippen LogP contribution in [0, 0.1) is 12.7 Å². The molecular weight excluding hydrogens is 183 g/mol. The van der Waals surface area contributed by atoms with Crippen molar-refractivity contribution in [3.63, 3.8) is 0 Å². The molecule has 0 fully saturated rings. The van der Waals surface area contributed by atoms with Crippen LogP contribution in [0.1, 0.15) is 5.56 Å². The van der Waals surface area contributed by atoms with Gasteiger partial charge in [0, 0.05) is 12.6 Å². The zero-order valence-corrected chi connectivity index (χ0v) is 7.91. The molecule has 0 saturated carbocycles. The van der Waals surface area contributed by atoms with Gasteiger partial charge in [0.15, 0.2) is 0 Å². The fraction of sp³-hybridized carbons (Fsp3) is 0.200. The molecule has 72 valence electrons. The quantitative estimate of drug-likeness (QED) is 0.632. The summed E-state index contributed by atoms with van der Waals surface area (Å²) in [7, 11) is 1.61. The fourth-order valence-corrected chi connectivity index (χ4v) is 1.51. The van der Waals surface area contributed by atoms with E-state index in [2.05, 4.69) is 4.98 Å². The number of hydrogen-bond acceptors (Lipinski definition) is 2. The third-order valence-corrected chi connectivity index (χ3v) is 2.32. The zero-order chi connectivity index (χ0) is 10.3. The lowest BCUT2D eigenvalue weighted by atomic mass is 10.2. The van der Waals surface area contributed by atoms with Crippen molar-refractivity contribution in [2.45, 2.75) is 6.92 Å². The van der Waals surface area contributed by atoms with Gasteiger partial charge in [0.2, 0.25) is 0 Å². The second-order valence-corrected chi connectivity index (χ2v) is 3.20. The molecule has 4 heteroatoms. The molecule has 0 saturated heterocycles. The molecule has 0 N–H and O–H groups in total. The van der Waals surface area contributed by atoms with Crippen LogP contribution >= 0.6 is 0 Å². The number of rotatable bonds is 0. The standard InChI is InChI=1S/C10H9FN2O/c1-6-7(11)3-4-8-10(6)13(2)9(14)5-12-8/h3-5H,1-2H3. The summed E-state index contributed by atoms with van der Waals surface area (Å²) in [5.41, 5.74) is 1.41. The number of nitrogens with zero attached hydrogens (tertiary/aromatic N) is 2. The number of aryl methyl sites for hydroxylation is 2. The van der Waals surface area contributed by atoms with E-state index in [4.69, 9.17) is 0 Å². The predicted molar refractivity (Wildman–Crippen MR) is 51.7 cm³/mol. The molecule has 1 heterocycles. The molecule has 0 amide bonds. The summed E-state index contributed by atoms with van der Waals surface area (Å²) in [6, 6.07) is 2.92. The normalized spacial score (nSPS) is 10.8. The number of aromatic nitrogens is 2. The summed E-state index contributed by atoms with van der Waals surface area (Å²) in [6.45, 7) is 1.64. The maximum atomic E-state index is 13.2.